The van der Waals surface area contributed by atoms with Crippen molar-refractivity contribution in [2.75, 3.05) is 25.0 Å². The van der Waals surface area contributed by atoms with Crippen LogP contribution in [0.1, 0.15) is 18.9 Å². The minimum absolute atomic E-state index is 0.0399. The van der Waals surface area contributed by atoms with Crippen molar-refractivity contribution in [3.05, 3.63) is 29.8 Å². The Morgan fingerprint density at radius 2 is 2.00 bits per heavy atom. The number of benzene rings is 1. The van der Waals surface area contributed by atoms with Crippen molar-refractivity contribution >= 4 is 17.5 Å². The Morgan fingerprint density at radius 1 is 1.32 bits per heavy atom. The summed E-state index contributed by atoms with van der Waals surface area (Å²) in [5, 5.41) is 2.80. The third-order valence-electron chi connectivity index (χ3n) is 2.77. The average Bonchev–Trinajstić information content (AvgIpc) is 2.40. The van der Waals surface area contributed by atoms with Crippen LogP contribution in [0.15, 0.2) is 24.3 Å². The van der Waals surface area contributed by atoms with Gasteiger partial charge in [-0.1, -0.05) is 25.1 Å². The van der Waals surface area contributed by atoms with Gasteiger partial charge in [0, 0.05) is 12.2 Å². The van der Waals surface area contributed by atoms with E-state index in [1.54, 1.807) is 0 Å². The maximum atomic E-state index is 11.9. The van der Waals surface area contributed by atoms with Crippen molar-refractivity contribution < 1.29 is 9.59 Å². The van der Waals surface area contributed by atoms with E-state index in [9.17, 15) is 9.59 Å². The number of amides is 2. The van der Waals surface area contributed by atoms with Gasteiger partial charge in [-0.25, -0.2) is 0 Å². The molecule has 0 saturated heterocycles. The molecular weight excluding hydrogens is 242 g/mol. The zero-order valence-corrected chi connectivity index (χ0v) is 11.5. The summed E-state index contributed by atoms with van der Waals surface area (Å²) in [6.07, 6.45) is 0.795. The van der Waals surface area contributed by atoms with Crippen LogP contribution in [-0.2, 0) is 9.59 Å². The molecule has 0 unspecified atom stereocenters. The van der Waals surface area contributed by atoms with Gasteiger partial charge in [-0.05, 0) is 25.0 Å². The predicted molar refractivity (Wildman–Crippen MR) is 75.7 cm³/mol. The maximum absolute atomic E-state index is 11.9. The summed E-state index contributed by atoms with van der Waals surface area (Å²) in [6, 6.07) is 7.52. The maximum Gasteiger partial charge on any atom is 0.244 e. The van der Waals surface area contributed by atoms with Gasteiger partial charge in [-0.3, -0.25) is 9.59 Å². The number of carbonyl (C=O) groups is 2. The molecule has 3 N–H and O–H groups in total. The Morgan fingerprint density at radius 3 is 2.58 bits per heavy atom. The van der Waals surface area contributed by atoms with Gasteiger partial charge in [-0.15, -0.1) is 0 Å². The third kappa shape index (κ3) is 4.71. The zero-order valence-electron chi connectivity index (χ0n) is 11.5. The summed E-state index contributed by atoms with van der Waals surface area (Å²) in [5.74, 6) is -0.411. The van der Waals surface area contributed by atoms with Crippen LogP contribution in [0.3, 0.4) is 0 Å². The lowest BCUT2D eigenvalue weighted by Gasteiger charge is -2.21. The minimum Gasteiger partial charge on any atom is -0.332 e. The van der Waals surface area contributed by atoms with Gasteiger partial charge >= 0.3 is 0 Å². The van der Waals surface area contributed by atoms with E-state index in [4.69, 9.17) is 5.73 Å². The van der Waals surface area contributed by atoms with Gasteiger partial charge in [0.2, 0.25) is 11.8 Å². The first-order valence-corrected chi connectivity index (χ1v) is 6.41. The summed E-state index contributed by atoms with van der Waals surface area (Å²) in [4.78, 5) is 25.0. The summed E-state index contributed by atoms with van der Waals surface area (Å²) in [6.45, 7) is 4.38. The van der Waals surface area contributed by atoms with E-state index < -0.39 is 0 Å². The molecule has 1 rings (SSSR count). The number of para-hydroxylation sites is 1. The van der Waals surface area contributed by atoms with Crippen molar-refractivity contribution in [3.63, 3.8) is 0 Å². The second kappa shape index (κ2) is 7.53. The molecule has 1 aromatic carbocycles. The Bertz CT molecular complexity index is 446. The lowest BCUT2D eigenvalue weighted by Crippen LogP contribution is -2.41. The van der Waals surface area contributed by atoms with Crippen LogP contribution in [0.25, 0.3) is 0 Å². The molecule has 0 atom stereocenters. The SMILES string of the molecule is CCCN(CC(=O)Nc1ccccc1C)C(=O)CN. The number of aryl methyl sites for hydroxylation is 1. The number of hydrogen-bond acceptors (Lipinski definition) is 3. The van der Waals surface area contributed by atoms with Crippen molar-refractivity contribution in [1.82, 2.24) is 4.90 Å². The molecule has 0 aliphatic carbocycles. The molecule has 19 heavy (non-hydrogen) atoms. The highest BCUT2D eigenvalue weighted by Gasteiger charge is 2.15. The fourth-order valence-corrected chi connectivity index (χ4v) is 1.77. The largest absolute Gasteiger partial charge is 0.332 e. The second-order valence-corrected chi connectivity index (χ2v) is 4.38. The molecule has 5 heteroatoms. The van der Waals surface area contributed by atoms with Crippen LogP contribution in [0.5, 0.6) is 0 Å². The molecule has 0 heterocycles. The number of carbonyl (C=O) groups excluding carboxylic acids is 2. The molecule has 0 aliphatic heterocycles. The summed E-state index contributed by atoms with van der Waals surface area (Å²) >= 11 is 0. The van der Waals surface area contributed by atoms with Gasteiger partial charge in [0.15, 0.2) is 0 Å². The number of nitrogens with zero attached hydrogens (tertiary/aromatic N) is 1. The van der Waals surface area contributed by atoms with Crippen molar-refractivity contribution in [3.8, 4) is 0 Å². The summed E-state index contributed by atoms with van der Waals surface area (Å²) in [7, 11) is 0. The number of nitrogens with one attached hydrogen (secondary N) is 1. The Labute approximate surface area is 113 Å². The monoisotopic (exact) mass is 263 g/mol. The second-order valence-electron chi connectivity index (χ2n) is 4.38. The molecule has 0 saturated carbocycles. The van der Waals surface area contributed by atoms with Gasteiger partial charge < -0.3 is 16.0 Å². The van der Waals surface area contributed by atoms with Crippen molar-refractivity contribution in [2.24, 2.45) is 5.73 Å². The van der Waals surface area contributed by atoms with E-state index >= 15 is 0 Å². The van der Waals surface area contributed by atoms with Crippen LogP contribution in [-0.4, -0.2) is 36.3 Å². The standard InChI is InChI=1S/C14H21N3O2/c1-3-8-17(14(19)9-15)10-13(18)16-12-7-5-4-6-11(12)2/h4-7H,3,8-10,15H2,1-2H3,(H,16,18). The molecule has 0 fully saturated rings. The first-order valence-electron chi connectivity index (χ1n) is 6.41. The van der Waals surface area contributed by atoms with E-state index in [-0.39, 0.29) is 24.9 Å². The molecular formula is C14H21N3O2. The molecule has 0 radical (unpaired) electrons. The quantitative estimate of drug-likeness (QED) is 0.808. The van der Waals surface area contributed by atoms with Crippen LogP contribution in [0.4, 0.5) is 5.69 Å². The summed E-state index contributed by atoms with van der Waals surface area (Å²) in [5.41, 5.74) is 7.09. The van der Waals surface area contributed by atoms with Crippen LogP contribution >= 0.6 is 0 Å². The number of nitrogens with two attached hydrogens (primary N) is 1. The topological polar surface area (TPSA) is 75.4 Å². The smallest absolute Gasteiger partial charge is 0.244 e. The molecule has 0 spiro atoms. The van der Waals surface area contributed by atoms with E-state index in [1.807, 2.05) is 38.1 Å². The molecule has 2 amide bonds. The highest BCUT2D eigenvalue weighted by molar-refractivity contribution is 5.95. The average molecular weight is 263 g/mol. The fraction of sp³-hybridized carbons (Fsp3) is 0.429. The van der Waals surface area contributed by atoms with Crippen LogP contribution in [0, 0.1) is 6.92 Å². The normalized spacial score (nSPS) is 10.1. The van der Waals surface area contributed by atoms with E-state index in [2.05, 4.69) is 5.32 Å². The Balaban J connectivity index is 2.63. The number of rotatable bonds is 6. The van der Waals surface area contributed by atoms with Crippen molar-refractivity contribution in [1.29, 1.82) is 0 Å². The highest BCUT2D eigenvalue weighted by Crippen LogP contribution is 2.12. The number of anilines is 1. The molecule has 1 aromatic rings. The van der Waals surface area contributed by atoms with Crippen molar-refractivity contribution in [2.45, 2.75) is 20.3 Å². The highest BCUT2D eigenvalue weighted by atomic mass is 16.2. The predicted octanol–water partition coefficient (Wildman–Crippen LogP) is 1.13. The third-order valence-corrected chi connectivity index (χ3v) is 2.77. The van der Waals surface area contributed by atoms with Gasteiger partial charge in [0.25, 0.3) is 0 Å². The first kappa shape index (κ1) is 15.2. The Hall–Kier alpha value is -1.88. The summed E-state index contributed by atoms with van der Waals surface area (Å²) < 4.78 is 0. The molecule has 5 nitrogen and oxygen atoms in total. The van der Waals surface area contributed by atoms with E-state index in [1.165, 1.54) is 4.90 Å². The Kier molecular flexibility index (Phi) is 6.02. The van der Waals surface area contributed by atoms with Gasteiger partial charge in [-0.2, -0.15) is 0 Å². The van der Waals surface area contributed by atoms with Crippen LogP contribution < -0.4 is 11.1 Å². The van der Waals surface area contributed by atoms with E-state index in [0.29, 0.717) is 6.54 Å². The first-order chi connectivity index (χ1) is 9.08. The lowest BCUT2D eigenvalue weighted by atomic mass is 10.2. The minimum atomic E-state index is -0.207. The molecule has 0 aliphatic rings. The van der Waals surface area contributed by atoms with E-state index in [0.717, 1.165) is 17.7 Å². The van der Waals surface area contributed by atoms with Gasteiger partial charge in [0.05, 0.1) is 13.1 Å². The number of hydrogen-bond donors (Lipinski definition) is 2. The fourth-order valence-electron chi connectivity index (χ4n) is 1.77. The molecule has 0 aromatic heterocycles. The van der Waals surface area contributed by atoms with Gasteiger partial charge in [0.1, 0.15) is 0 Å². The molecule has 0 bridgehead atoms. The van der Waals surface area contributed by atoms with Crippen LogP contribution in [0.2, 0.25) is 0 Å². The lowest BCUT2D eigenvalue weighted by molar-refractivity contribution is -0.133. The zero-order chi connectivity index (χ0) is 14.3. The molecule has 104 valence electrons.